The Hall–Kier alpha value is -13.1. The Labute approximate surface area is 699 Å². The zero-order valence-corrected chi connectivity index (χ0v) is 70.0. The highest BCUT2D eigenvalue weighted by atomic mass is 32.1. The number of benzene rings is 15. The van der Waals surface area contributed by atoms with Crippen LogP contribution in [0.1, 0.15) is 150 Å². The van der Waals surface area contributed by atoms with Crippen LogP contribution in [0.5, 0.6) is 0 Å². The third-order valence-electron chi connectivity index (χ3n) is 27.1. The molecule has 4 aliphatic rings. The molecule has 0 radical (unpaired) electrons. The summed E-state index contributed by atoms with van der Waals surface area (Å²) >= 11 is 1.87. The Balaban J connectivity index is 0.858. The number of hydrogen-bond acceptors (Lipinski definition) is 5. The molecule has 0 bridgehead atoms. The first kappa shape index (κ1) is 71.3. The van der Waals surface area contributed by atoms with Crippen LogP contribution in [0.15, 0.2) is 316 Å². The van der Waals surface area contributed by atoms with Gasteiger partial charge in [0.1, 0.15) is 11.0 Å². The van der Waals surface area contributed by atoms with Crippen molar-refractivity contribution in [3.05, 3.63) is 382 Å². The predicted octanol–water partition coefficient (Wildman–Crippen LogP) is 30.1. The van der Waals surface area contributed by atoms with E-state index in [9.17, 15) is 0 Å². The van der Waals surface area contributed by atoms with Crippen molar-refractivity contribution in [1.82, 2.24) is 19.9 Å². The number of rotatable bonds is 6. The fraction of sp³-hybridized carbons (Fsp3) is 0.158. The second-order valence-electron chi connectivity index (χ2n) is 37.8. The number of thiophene rings is 1. The zero-order chi connectivity index (χ0) is 80.7. The van der Waals surface area contributed by atoms with E-state index in [2.05, 4.69) is 386 Å². The number of fused-ring (bicyclic) bond motifs is 29. The molecule has 0 unspecified atom stereocenters. The monoisotopic (exact) mass is 1540 g/mol. The average molecular weight is 1550 g/mol. The Morgan fingerprint density at radius 2 is 0.555 bits per heavy atom. The van der Waals surface area contributed by atoms with E-state index in [0.29, 0.717) is 0 Å². The van der Waals surface area contributed by atoms with Crippen molar-refractivity contribution in [3.63, 3.8) is 0 Å². The summed E-state index contributed by atoms with van der Waals surface area (Å²) in [5.41, 5.74) is 40.6. The lowest BCUT2D eigenvalue weighted by Gasteiger charge is -2.33. The molecule has 0 amide bonds. The van der Waals surface area contributed by atoms with Crippen LogP contribution in [0.2, 0.25) is 0 Å². The molecule has 0 saturated heterocycles. The van der Waals surface area contributed by atoms with Crippen LogP contribution in [0.4, 0.5) is 0 Å². The van der Waals surface area contributed by atoms with E-state index >= 15 is 0 Å². The molecule has 4 aliphatic carbocycles. The van der Waals surface area contributed by atoms with Gasteiger partial charge in [0.15, 0.2) is 0 Å². The molecule has 0 fully saturated rings. The lowest BCUT2D eigenvalue weighted by atomic mass is 9.68. The molecule has 0 N–H and O–H groups in total. The van der Waals surface area contributed by atoms with Gasteiger partial charge in [-0.2, -0.15) is 0 Å². The van der Waals surface area contributed by atoms with Crippen molar-refractivity contribution >= 4 is 76.8 Å². The topological polar surface area (TPSA) is 51.6 Å². The summed E-state index contributed by atoms with van der Waals surface area (Å²) in [4.78, 5) is 25.6. The van der Waals surface area contributed by atoms with E-state index in [-0.39, 0.29) is 21.7 Å². The number of hydrogen-bond donors (Lipinski definition) is 0. The molecule has 19 aromatic rings. The van der Waals surface area contributed by atoms with Gasteiger partial charge in [-0.3, -0.25) is 9.97 Å². The molecular weight excluding hydrogens is 1460 g/mol. The van der Waals surface area contributed by atoms with E-state index in [0.717, 1.165) is 131 Å². The van der Waals surface area contributed by atoms with E-state index in [1.54, 1.807) is 0 Å². The quantitative estimate of drug-likeness (QED) is 0.156. The van der Waals surface area contributed by atoms with E-state index in [4.69, 9.17) is 19.9 Å². The smallest absolute Gasteiger partial charge is 0.109 e. The van der Waals surface area contributed by atoms with Gasteiger partial charge in [-0.25, -0.2) is 9.97 Å². The van der Waals surface area contributed by atoms with Crippen LogP contribution < -0.4 is 0 Å². The first-order valence-corrected chi connectivity index (χ1v) is 43.0. The molecule has 15 aromatic carbocycles. The van der Waals surface area contributed by atoms with Crippen molar-refractivity contribution in [3.8, 4) is 110 Å². The maximum Gasteiger partial charge on any atom is 0.109 e. The third kappa shape index (κ3) is 10.2. The van der Waals surface area contributed by atoms with Gasteiger partial charge in [0.2, 0.25) is 0 Å². The highest BCUT2D eigenvalue weighted by Crippen LogP contribution is 2.68. The van der Waals surface area contributed by atoms with Crippen LogP contribution in [-0.2, 0) is 32.5 Å². The molecule has 570 valence electrons. The Morgan fingerprint density at radius 3 is 0.992 bits per heavy atom. The number of para-hydroxylation sites is 1. The van der Waals surface area contributed by atoms with Gasteiger partial charge in [0.05, 0.1) is 42.7 Å². The van der Waals surface area contributed by atoms with Gasteiger partial charge in [-0.15, -0.1) is 11.3 Å². The maximum atomic E-state index is 6.50. The fourth-order valence-corrected chi connectivity index (χ4v) is 22.5. The van der Waals surface area contributed by atoms with Crippen LogP contribution >= 0.6 is 11.3 Å². The van der Waals surface area contributed by atoms with Gasteiger partial charge in [0.25, 0.3) is 0 Å². The number of nitrogens with zero attached hydrogens (tertiary/aromatic N) is 4. The minimum absolute atomic E-state index is 0.111. The molecule has 4 nitrogen and oxygen atoms in total. The highest BCUT2D eigenvalue weighted by molar-refractivity contribution is 7.21. The SMILES string of the molecule is CC(C)(C)c1ccc2c(c1)C1(c3cc(C(C)(C)C)ccc3-2)c2ccccc2-c2c(-c3sc(-c4cccc5c4-c4ccccc4C54c5cc(C(C)(C)C)ccc5-c5ccc(C(C)(C)C)cc54)c4nc5c6cc(-c7ccc(-c8ccccc8)c8cccnc78)ccc6c6ccc(-c7cccc8c(-c9ccccc9)ccnc78)cc6c5nc34)cccc21. The van der Waals surface area contributed by atoms with Crippen LogP contribution in [0.25, 0.3) is 175 Å². The predicted molar refractivity (Wildman–Crippen MR) is 501 cm³/mol. The molecule has 4 heterocycles. The largest absolute Gasteiger partial charge is 0.256 e. The van der Waals surface area contributed by atoms with Gasteiger partial charge in [0, 0.05) is 56.2 Å². The minimum atomic E-state index is -0.653. The molecule has 4 aromatic heterocycles. The fourth-order valence-electron chi connectivity index (χ4n) is 21.2. The zero-order valence-electron chi connectivity index (χ0n) is 69.2. The van der Waals surface area contributed by atoms with Crippen molar-refractivity contribution in [2.75, 3.05) is 0 Å². The standard InChI is InChI=1S/C114H88N4S/c1-109(2,3)69-44-50-79-80-51-45-70(110(4,5)6)62-96(80)113(95(79)61-69)91-38-21-19-31-85(91)99-87(35-24-40-93(99)113)107-105-106(108(119-107)88-36-25-41-94-100(88)86-32-20-22-39-92(86)114(94)97-63-71(111(7,8)9)46-52-81(97)82-53-47-72(64-98(82)114)112(10,11)12)118-104-90-60-68(76-55-54-73(65-27-15-13-16-28-65)84-37-26-57-115-102(76)84)43-49-78(90)77-48-42-67(59-89(77)103(104)117-105)75-33-23-34-83-74(56-58-116-101(75)83)66-29-17-14-18-30-66/h13-64H,1-12H3. The summed E-state index contributed by atoms with van der Waals surface area (Å²) in [6.45, 7) is 28.3. The maximum absolute atomic E-state index is 6.50. The Kier molecular flexibility index (Phi) is 15.1. The van der Waals surface area contributed by atoms with Crippen LogP contribution in [0.3, 0.4) is 0 Å². The van der Waals surface area contributed by atoms with Gasteiger partial charge < -0.3 is 0 Å². The second-order valence-corrected chi connectivity index (χ2v) is 38.9. The van der Waals surface area contributed by atoms with E-state index in [1.165, 1.54) is 111 Å². The second kappa shape index (κ2) is 25.2. The first-order valence-electron chi connectivity index (χ1n) is 42.1. The first-order chi connectivity index (χ1) is 57.5. The molecule has 2 spiro atoms. The molecule has 0 saturated carbocycles. The summed E-state index contributed by atoms with van der Waals surface area (Å²) in [5.74, 6) is 0. The molecule has 0 aliphatic heterocycles. The lowest BCUT2D eigenvalue weighted by molar-refractivity contribution is 0.586. The molecule has 23 rings (SSSR count). The summed E-state index contributed by atoms with van der Waals surface area (Å²) in [6, 6.07) is 116. The lowest BCUT2D eigenvalue weighted by Crippen LogP contribution is -2.27. The van der Waals surface area contributed by atoms with Crippen LogP contribution in [0, 0.1) is 0 Å². The average Bonchev–Trinajstić information content (AvgIpc) is 1.50. The third-order valence-corrected chi connectivity index (χ3v) is 28.3. The summed E-state index contributed by atoms with van der Waals surface area (Å²) in [5, 5.41) is 6.43. The molecule has 0 atom stereocenters. The van der Waals surface area contributed by atoms with Crippen molar-refractivity contribution < 1.29 is 0 Å². The Bertz CT molecular complexity index is 7110. The normalized spacial score (nSPS) is 14.0. The van der Waals surface area contributed by atoms with Gasteiger partial charge in [-0.05, 0) is 201 Å². The Morgan fingerprint density at radius 1 is 0.210 bits per heavy atom. The van der Waals surface area contributed by atoms with E-state index < -0.39 is 10.8 Å². The highest BCUT2D eigenvalue weighted by Gasteiger charge is 2.55. The molecule has 119 heavy (non-hydrogen) atoms. The number of aromatic nitrogens is 4. The van der Waals surface area contributed by atoms with Crippen LogP contribution in [-0.4, -0.2) is 19.9 Å². The minimum Gasteiger partial charge on any atom is -0.256 e. The van der Waals surface area contributed by atoms with Gasteiger partial charge >= 0.3 is 0 Å². The van der Waals surface area contributed by atoms with Crippen molar-refractivity contribution in [2.24, 2.45) is 0 Å². The van der Waals surface area contributed by atoms with Crippen molar-refractivity contribution in [2.45, 2.75) is 116 Å². The summed E-state index contributed by atoms with van der Waals surface area (Å²) in [7, 11) is 0. The molecule has 5 heteroatoms. The van der Waals surface area contributed by atoms with E-state index in [1.807, 2.05) is 23.7 Å². The van der Waals surface area contributed by atoms with Gasteiger partial charge in [-0.1, -0.05) is 362 Å². The molecular formula is C114H88N4S. The van der Waals surface area contributed by atoms with Crippen molar-refractivity contribution in [1.29, 1.82) is 0 Å². The number of pyridine rings is 2. The summed E-state index contributed by atoms with van der Waals surface area (Å²) in [6.07, 6.45) is 3.90. The summed E-state index contributed by atoms with van der Waals surface area (Å²) < 4.78 is 0.